The molecular formula is C39H71O11P. The summed E-state index contributed by atoms with van der Waals surface area (Å²) >= 11 is 0. The predicted molar refractivity (Wildman–Crippen MR) is 200 cm³/mol. The van der Waals surface area contributed by atoms with Crippen LogP contribution < -0.4 is 0 Å². The number of unbranched alkanes of at least 4 members (excludes halogenated alkanes) is 12. The quantitative estimate of drug-likeness (QED) is 0.0202. The molecule has 5 N–H and O–H groups in total. The number of phosphoric acid groups is 1. The summed E-state index contributed by atoms with van der Waals surface area (Å²) in [4.78, 5) is 42.9. The number of aliphatic hydroxyl groups is 3. The first kappa shape index (κ1) is 47.4. The van der Waals surface area contributed by atoms with Crippen LogP contribution in [0.5, 0.6) is 0 Å². The Bertz CT molecular complexity index is 1010. The molecule has 1 rings (SSSR count). The van der Waals surface area contributed by atoms with Crippen LogP contribution in [-0.4, -0.2) is 74.7 Å². The van der Waals surface area contributed by atoms with Crippen LogP contribution in [0.1, 0.15) is 156 Å². The maximum absolute atomic E-state index is 12.4. The fraction of sp³-hybridized carbons (Fsp3) is 0.846. The van der Waals surface area contributed by atoms with Gasteiger partial charge >= 0.3 is 19.8 Å². The molecule has 12 heteroatoms. The molecule has 0 radical (unpaired) electrons. The van der Waals surface area contributed by atoms with Crippen molar-refractivity contribution < 1.29 is 53.3 Å². The summed E-state index contributed by atoms with van der Waals surface area (Å²) < 4.78 is 26.3. The van der Waals surface area contributed by atoms with E-state index in [2.05, 4.69) is 25.3 Å². The number of allylic oxidation sites excluding steroid dienone is 2. The molecule has 0 bridgehead atoms. The molecule has 0 aliphatic heterocycles. The lowest BCUT2D eigenvalue weighted by Crippen LogP contribution is -2.29. The van der Waals surface area contributed by atoms with E-state index >= 15 is 0 Å². The molecule has 51 heavy (non-hydrogen) atoms. The number of phosphoric ester groups is 1. The van der Waals surface area contributed by atoms with E-state index in [1.54, 1.807) is 6.08 Å². The Labute approximate surface area is 307 Å². The summed E-state index contributed by atoms with van der Waals surface area (Å²) in [6.07, 6.45) is 22.9. The second kappa shape index (κ2) is 28.9. The molecular weight excluding hydrogens is 675 g/mol. The van der Waals surface area contributed by atoms with E-state index in [-0.39, 0.29) is 31.3 Å². The van der Waals surface area contributed by atoms with Crippen LogP contribution in [0.25, 0.3) is 0 Å². The van der Waals surface area contributed by atoms with Crippen molar-refractivity contribution in [1.29, 1.82) is 0 Å². The van der Waals surface area contributed by atoms with Gasteiger partial charge in [0.2, 0.25) is 0 Å². The van der Waals surface area contributed by atoms with Gasteiger partial charge in [0.1, 0.15) is 6.61 Å². The van der Waals surface area contributed by atoms with E-state index in [0.717, 1.165) is 44.4 Å². The van der Waals surface area contributed by atoms with Gasteiger partial charge in [-0.15, -0.1) is 0 Å². The molecule has 1 aliphatic rings. The van der Waals surface area contributed by atoms with Crippen LogP contribution in [0.2, 0.25) is 0 Å². The van der Waals surface area contributed by atoms with Crippen LogP contribution in [0.15, 0.2) is 24.3 Å². The molecule has 298 valence electrons. The lowest BCUT2D eigenvalue weighted by atomic mass is 9.89. The third-order valence-electron chi connectivity index (χ3n) is 9.47. The SMILES string of the molecule is CCCCC[C@H](O)/C=C/[C@@H]1[C@@H](C/C=C/CCCC(=O)OC[C@H](COP(=O)(O)O)OC(=O)CCCCCCCCCCCCC(C)C)[C@@H](O)C[C@H]1O. The normalized spacial score (nSPS) is 20.8. The average Bonchev–Trinajstić information content (AvgIpc) is 3.33. The minimum atomic E-state index is -4.81. The molecule has 1 aliphatic carbocycles. The Balaban J connectivity index is 2.33. The number of hydrogen-bond donors (Lipinski definition) is 5. The van der Waals surface area contributed by atoms with Gasteiger partial charge < -0.3 is 34.6 Å². The summed E-state index contributed by atoms with van der Waals surface area (Å²) in [5, 5.41) is 31.1. The largest absolute Gasteiger partial charge is 0.469 e. The molecule has 0 saturated heterocycles. The zero-order chi connectivity index (χ0) is 37.9. The van der Waals surface area contributed by atoms with Crippen molar-refractivity contribution in [2.24, 2.45) is 17.8 Å². The summed E-state index contributed by atoms with van der Waals surface area (Å²) in [6.45, 7) is 5.66. The van der Waals surface area contributed by atoms with Crippen LogP contribution in [0.4, 0.5) is 0 Å². The first-order valence-electron chi connectivity index (χ1n) is 19.7. The molecule has 0 amide bonds. The smallest absolute Gasteiger partial charge is 0.462 e. The molecule has 0 aromatic heterocycles. The van der Waals surface area contributed by atoms with Gasteiger partial charge in [-0.3, -0.25) is 14.1 Å². The number of carbonyl (C=O) groups excluding carboxylic acids is 2. The number of esters is 2. The van der Waals surface area contributed by atoms with Gasteiger partial charge in [0.05, 0.1) is 24.9 Å². The molecule has 1 fully saturated rings. The van der Waals surface area contributed by atoms with E-state index in [9.17, 15) is 29.5 Å². The molecule has 0 aromatic rings. The van der Waals surface area contributed by atoms with Crippen LogP contribution >= 0.6 is 7.82 Å². The number of rotatable bonds is 31. The highest BCUT2D eigenvalue weighted by atomic mass is 31.2. The van der Waals surface area contributed by atoms with Crippen molar-refractivity contribution in [3.8, 4) is 0 Å². The van der Waals surface area contributed by atoms with Crippen molar-refractivity contribution >= 4 is 19.8 Å². The van der Waals surface area contributed by atoms with Crippen LogP contribution in [0, 0.1) is 17.8 Å². The summed E-state index contributed by atoms with van der Waals surface area (Å²) in [7, 11) is -4.81. The van der Waals surface area contributed by atoms with E-state index in [4.69, 9.17) is 19.3 Å². The first-order chi connectivity index (χ1) is 24.3. The third-order valence-corrected chi connectivity index (χ3v) is 9.96. The van der Waals surface area contributed by atoms with Crippen molar-refractivity contribution in [1.82, 2.24) is 0 Å². The highest BCUT2D eigenvalue weighted by Gasteiger charge is 2.39. The monoisotopic (exact) mass is 746 g/mol. The topological polar surface area (TPSA) is 180 Å². The summed E-state index contributed by atoms with van der Waals surface area (Å²) in [6, 6.07) is 0. The fourth-order valence-corrected chi connectivity index (χ4v) is 6.79. The summed E-state index contributed by atoms with van der Waals surface area (Å²) in [5.74, 6) is -0.696. The zero-order valence-corrected chi connectivity index (χ0v) is 32.6. The standard InChI is InChI=1S/C39H71O11P/c1-4-5-16-22-32(40)26-27-35-34(36(41)28-37(35)42)23-18-14-15-19-24-38(43)48-29-33(30-49-51(45,46)47)50-39(44)25-20-13-11-9-7-6-8-10-12-17-21-31(2)3/h14,18,26-27,31-37,40-42H,4-13,15-17,19-25,28-30H2,1-3H3,(H2,45,46,47)/b18-14+,27-26+/t32-,33+,34+,35+,36-,37+/m0/s1. The van der Waals surface area contributed by atoms with Gasteiger partial charge in [0.15, 0.2) is 6.10 Å². The molecule has 0 aromatic carbocycles. The van der Waals surface area contributed by atoms with Gasteiger partial charge in [0.25, 0.3) is 0 Å². The van der Waals surface area contributed by atoms with Gasteiger partial charge in [-0.2, -0.15) is 0 Å². The maximum Gasteiger partial charge on any atom is 0.469 e. The van der Waals surface area contributed by atoms with Gasteiger partial charge in [-0.25, -0.2) is 4.57 Å². The summed E-state index contributed by atoms with van der Waals surface area (Å²) in [5.41, 5.74) is 0. The van der Waals surface area contributed by atoms with E-state index in [1.165, 1.54) is 44.9 Å². The Hall–Kier alpha value is -1.59. The lowest BCUT2D eigenvalue weighted by molar-refractivity contribution is -0.161. The zero-order valence-electron chi connectivity index (χ0n) is 31.7. The van der Waals surface area contributed by atoms with Gasteiger partial charge in [0, 0.05) is 25.2 Å². The fourth-order valence-electron chi connectivity index (χ4n) is 6.43. The number of carbonyl (C=O) groups is 2. The molecule has 0 spiro atoms. The van der Waals surface area contributed by atoms with E-state index < -0.39 is 50.8 Å². The minimum absolute atomic E-state index is 0.0918. The number of ether oxygens (including phenoxy) is 2. The molecule has 0 unspecified atom stereocenters. The average molecular weight is 747 g/mol. The lowest BCUT2D eigenvalue weighted by Gasteiger charge is -2.19. The first-order valence-corrected chi connectivity index (χ1v) is 21.3. The molecule has 0 heterocycles. The van der Waals surface area contributed by atoms with Crippen molar-refractivity contribution in [2.45, 2.75) is 180 Å². The number of hydrogen-bond acceptors (Lipinski definition) is 9. The van der Waals surface area contributed by atoms with Crippen molar-refractivity contribution in [3.63, 3.8) is 0 Å². The molecule has 6 atom stereocenters. The Morgan fingerprint density at radius 3 is 2.02 bits per heavy atom. The third kappa shape index (κ3) is 25.9. The second-order valence-electron chi connectivity index (χ2n) is 14.7. The predicted octanol–water partition coefficient (Wildman–Crippen LogP) is 7.86. The van der Waals surface area contributed by atoms with Crippen LogP contribution in [-0.2, 0) is 28.2 Å². The van der Waals surface area contributed by atoms with Crippen LogP contribution in [0.3, 0.4) is 0 Å². The highest BCUT2D eigenvalue weighted by molar-refractivity contribution is 7.46. The highest BCUT2D eigenvalue weighted by Crippen LogP contribution is 2.37. The Morgan fingerprint density at radius 1 is 0.784 bits per heavy atom. The minimum Gasteiger partial charge on any atom is -0.462 e. The van der Waals surface area contributed by atoms with Crippen molar-refractivity contribution in [3.05, 3.63) is 24.3 Å². The molecule has 11 nitrogen and oxygen atoms in total. The van der Waals surface area contributed by atoms with Gasteiger partial charge in [-0.05, 0) is 43.9 Å². The van der Waals surface area contributed by atoms with E-state index in [0.29, 0.717) is 38.5 Å². The van der Waals surface area contributed by atoms with E-state index in [1.807, 2.05) is 18.2 Å². The van der Waals surface area contributed by atoms with Gasteiger partial charge in [-0.1, -0.05) is 129 Å². The maximum atomic E-state index is 12.4. The van der Waals surface area contributed by atoms with Crippen molar-refractivity contribution in [2.75, 3.05) is 13.2 Å². The number of aliphatic hydroxyl groups excluding tert-OH is 3. The second-order valence-corrected chi connectivity index (χ2v) is 15.9. The Kier molecular flexibility index (Phi) is 26.8. The molecule has 1 saturated carbocycles. The Morgan fingerprint density at radius 2 is 1.39 bits per heavy atom.